The lowest BCUT2D eigenvalue weighted by atomic mass is 9.74. The average Bonchev–Trinajstić information content (AvgIpc) is 2.85. The van der Waals surface area contributed by atoms with E-state index in [-0.39, 0.29) is 11.1 Å². The van der Waals surface area contributed by atoms with Crippen LogP contribution >= 0.6 is 0 Å². The fourth-order valence-corrected chi connectivity index (χ4v) is 4.74. The summed E-state index contributed by atoms with van der Waals surface area (Å²) >= 11 is 0. The van der Waals surface area contributed by atoms with Crippen molar-refractivity contribution in [2.24, 2.45) is 5.41 Å². The maximum atomic E-state index is 9.32. The first kappa shape index (κ1) is 23.1. The van der Waals surface area contributed by atoms with Crippen molar-refractivity contribution in [3.63, 3.8) is 0 Å². The van der Waals surface area contributed by atoms with Crippen LogP contribution in [0.4, 0.5) is 17.1 Å². The van der Waals surface area contributed by atoms with Gasteiger partial charge in [0.1, 0.15) is 0 Å². The minimum atomic E-state index is 0.0714. The first-order valence-electron chi connectivity index (χ1n) is 11.7. The molecule has 3 heteroatoms. The molecule has 1 aliphatic carbocycles. The standard InChI is InChI=1S/C31H29N3/c1-31(2)21-25(20-26(22-31)30(23-32)33-3)15-14-24-16-18-29(19-17-24)34(27-10-6-4-7-11-27)28-12-8-5-9-13-28/h4-13,16-20H,14-15,21-22H2,1-2H3/b30-26-. The molecule has 1 aliphatic rings. The summed E-state index contributed by atoms with van der Waals surface area (Å²) in [6.45, 7) is 11.8. The Balaban J connectivity index is 1.54. The highest BCUT2D eigenvalue weighted by Crippen LogP contribution is 2.41. The molecule has 4 rings (SSSR count). The molecule has 0 aliphatic heterocycles. The van der Waals surface area contributed by atoms with E-state index < -0.39 is 0 Å². The van der Waals surface area contributed by atoms with Gasteiger partial charge in [-0.05, 0) is 78.6 Å². The molecule has 0 amide bonds. The number of hydrogen-bond donors (Lipinski definition) is 0. The highest BCUT2D eigenvalue weighted by Gasteiger charge is 2.27. The smallest absolute Gasteiger partial charge is 0.265 e. The summed E-state index contributed by atoms with van der Waals surface area (Å²) in [5.74, 6) is 0. The molecule has 3 aromatic carbocycles. The molecule has 0 spiro atoms. The molecule has 0 saturated heterocycles. The SMILES string of the molecule is [C-]#[N+]/C(C#N)=C1/C=C(CCc2ccc(N(c3ccccc3)c3ccccc3)cc2)CC(C)(C)C1. The second-order valence-corrected chi connectivity index (χ2v) is 9.59. The van der Waals surface area contributed by atoms with Crippen molar-refractivity contribution in [3.8, 4) is 6.07 Å². The van der Waals surface area contributed by atoms with Crippen LogP contribution in [0.1, 0.15) is 38.7 Å². The molecule has 0 fully saturated rings. The summed E-state index contributed by atoms with van der Waals surface area (Å²) in [5, 5.41) is 9.32. The summed E-state index contributed by atoms with van der Waals surface area (Å²) in [5.41, 5.74) is 7.18. The molecular weight excluding hydrogens is 414 g/mol. The lowest BCUT2D eigenvalue weighted by Crippen LogP contribution is -2.18. The number of hydrogen-bond acceptors (Lipinski definition) is 2. The largest absolute Gasteiger partial charge is 0.311 e. The number of aryl methyl sites for hydroxylation is 1. The highest BCUT2D eigenvalue weighted by atomic mass is 15.1. The minimum Gasteiger partial charge on any atom is -0.311 e. The molecule has 168 valence electrons. The van der Waals surface area contributed by atoms with Crippen molar-refractivity contribution in [2.45, 2.75) is 39.5 Å². The van der Waals surface area contributed by atoms with E-state index >= 15 is 0 Å². The van der Waals surface area contributed by atoms with E-state index in [9.17, 15) is 5.26 Å². The number of nitriles is 1. The molecule has 0 radical (unpaired) electrons. The van der Waals surface area contributed by atoms with Crippen molar-refractivity contribution in [3.05, 3.63) is 125 Å². The molecule has 0 aromatic heterocycles. The summed E-state index contributed by atoms with van der Waals surface area (Å²) in [6.07, 6.45) is 5.76. The lowest BCUT2D eigenvalue weighted by Gasteiger charge is -2.31. The molecule has 3 nitrogen and oxygen atoms in total. The van der Waals surface area contributed by atoms with Crippen LogP contribution in [0, 0.1) is 23.3 Å². The van der Waals surface area contributed by atoms with E-state index in [0.717, 1.165) is 48.3 Å². The van der Waals surface area contributed by atoms with Gasteiger partial charge >= 0.3 is 0 Å². The Kier molecular flexibility index (Phi) is 6.95. The molecule has 0 heterocycles. The molecular formula is C31H29N3. The zero-order valence-corrected chi connectivity index (χ0v) is 19.8. The van der Waals surface area contributed by atoms with Crippen molar-refractivity contribution in [1.29, 1.82) is 5.26 Å². The molecule has 0 bridgehead atoms. The van der Waals surface area contributed by atoms with Gasteiger partial charge in [0.25, 0.3) is 5.70 Å². The summed E-state index contributed by atoms with van der Waals surface area (Å²) < 4.78 is 0. The summed E-state index contributed by atoms with van der Waals surface area (Å²) in [7, 11) is 0. The van der Waals surface area contributed by atoms with Gasteiger partial charge in [-0.2, -0.15) is 0 Å². The molecule has 0 saturated carbocycles. The van der Waals surface area contributed by atoms with Crippen LogP contribution in [0.5, 0.6) is 0 Å². The van der Waals surface area contributed by atoms with Crippen molar-refractivity contribution < 1.29 is 0 Å². The van der Waals surface area contributed by atoms with Crippen LogP contribution in [0.25, 0.3) is 4.85 Å². The number of rotatable bonds is 6. The quantitative estimate of drug-likeness (QED) is 0.282. The second kappa shape index (κ2) is 10.2. The Morgan fingerprint density at radius 3 is 1.94 bits per heavy atom. The fraction of sp³-hybridized carbons (Fsp3) is 0.226. The summed E-state index contributed by atoms with van der Waals surface area (Å²) in [6, 6.07) is 31.7. The Morgan fingerprint density at radius 1 is 0.853 bits per heavy atom. The van der Waals surface area contributed by atoms with Crippen molar-refractivity contribution >= 4 is 17.1 Å². The number of benzene rings is 3. The zero-order valence-electron chi connectivity index (χ0n) is 19.8. The van der Waals surface area contributed by atoms with E-state index in [1.807, 2.05) is 12.1 Å². The predicted molar refractivity (Wildman–Crippen MR) is 140 cm³/mol. The highest BCUT2D eigenvalue weighted by molar-refractivity contribution is 5.76. The van der Waals surface area contributed by atoms with Crippen LogP contribution in [0.3, 0.4) is 0 Å². The Hall–Kier alpha value is -4.08. The van der Waals surface area contributed by atoms with Gasteiger partial charge in [-0.3, -0.25) is 0 Å². The molecule has 3 aromatic rings. The maximum absolute atomic E-state index is 9.32. The molecule has 34 heavy (non-hydrogen) atoms. The molecule has 0 N–H and O–H groups in total. The maximum Gasteiger partial charge on any atom is 0.265 e. The van der Waals surface area contributed by atoms with E-state index in [4.69, 9.17) is 6.57 Å². The van der Waals surface area contributed by atoms with Gasteiger partial charge in [-0.15, -0.1) is 0 Å². The van der Waals surface area contributed by atoms with Gasteiger partial charge in [0, 0.05) is 17.1 Å². The minimum absolute atomic E-state index is 0.0714. The van der Waals surface area contributed by atoms with Crippen molar-refractivity contribution in [2.75, 3.05) is 4.90 Å². The number of nitrogens with zero attached hydrogens (tertiary/aromatic N) is 3. The van der Waals surface area contributed by atoms with E-state index in [2.05, 4.69) is 109 Å². The molecule has 0 atom stereocenters. The number of para-hydroxylation sites is 2. The normalized spacial score (nSPS) is 16.1. The second-order valence-electron chi connectivity index (χ2n) is 9.59. The van der Waals surface area contributed by atoms with Gasteiger partial charge < -0.3 is 4.90 Å². The monoisotopic (exact) mass is 443 g/mol. The Bertz CT molecular complexity index is 1210. The van der Waals surface area contributed by atoms with Crippen LogP contribution in [-0.4, -0.2) is 0 Å². The fourth-order valence-electron chi connectivity index (χ4n) is 4.74. The topological polar surface area (TPSA) is 31.4 Å². The Morgan fingerprint density at radius 2 is 1.41 bits per heavy atom. The zero-order chi connectivity index (χ0) is 24.0. The Labute approximate surface area is 203 Å². The van der Waals surface area contributed by atoms with Gasteiger partial charge in [0.2, 0.25) is 0 Å². The van der Waals surface area contributed by atoms with Crippen LogP contribution in [-0.2, 0) is 6.42 Å². The van der Waals surface area contributed by atoms with Gasteiger partial charge in [-0.25, -0.2) is 10.1 Å². The van der Waals surface area contributed by atoms with Gasteiger partial charge in [-0.1, -0.05) is 74.0 Å². The lowest BCUT2D eigenvalue weighted by molar-refractivity contribution is 0.346. The third-order valence-electron chi connectivity index (χ3n) is 6.23. The van der Waals surface area contributed by atoms with Crippen molar-refractivity contribution in [1.82, 2.24) is 0 Å². The predicted octanol–water partition coefficient (Wildman–Crippen LogP) is 8.53. The van der Waals surface area contributed by atoms with Crippen LogP contribution in [0.2, 0.25) is 0 Å². The number of allylic oxidation sites excluding steroid dienone is 4. The number of anilines is 3. The third kappa shape index (κ3) is 5.45. The third-order valence-corrected chi connectivity index (χ3v) is 6.23. The van der Waals surface area contributed by atoms with E-state index in [1.54, 1.807) is 0 Å². The van der Waals surface area contributed by atoms with E-state index in [0.29, 0.717) is 0 Å². The van der Waals surface area contributed by atoms with E-state index in [1.165, 1.54) is 11.1 Å². The molecule has 0 unspecified atom stereocenters. The van der Waals surface area contributed by atoms with Crippen LogP contribution in [0.15, 0.2) is 108 Å². The van der Waals surface area contributed by atoms with Gasteiger partial charge in [0.05, 0.1) is 12.6 Å². The average molecular weight is 444 g/mol. The van der Waals surface area contributed by atoms with Gasteiger partial charge in [0.15, 0.2) is 0 Å². The summed E-state index contributed by atoms with van der Waals surface area (Å²) in [4.78, 5) is 5.71. The first-order chi connectivity index (χ1) is 16.5. The first-order valence-corrected chi connectivity index (χ1v) is 11.7. The van der Waals surface area contributed by atoms with Crippen LogP contribution < -0.4 is 4.90 Å².